The fraction of sp³-hybridized carbons (Fsp3) is 0.300. The second-order valence-corrected chi connectivity index (χ2v) is 6.97. The predicted molar refractivity (Wildman–Crippen MR) is 66.6 cm³/mol. The van der Waals surface area contributed by atoms with Crippen LogP contribution >= 0.6 is 0 Å². The molecule has 0 aliphatic heterocycles. The van der Waals surface area contributed by atoms with Gasteiger partial charge in [-0.05, 0) is 24.1 Å². The smallest absolute Gasteiger partial charge is 0.306 e. The van der Waals surface area contributed by atoms with E-state index in [1.807, 2.05) is 0 Å². The Morgan fingerprint density at radius 1 is 1.15 bits per heavy atom. The van der Waals surface area contributed by atoms with Gasteiger partial charge in [-0.2, -0.15) is 16.8 Å². The van der Waals surface area contributed by atoms with Gasteiger partial charge in [0.1, 0.15) is 0 Å². The molecule has 1 aromatic rings. The summed E-state index contributed by atoms with van der Waals surface area (Å²) in [5.41, 5.74) is -0.0604. The Morgan fingerprint density at radius 3 is 2.10 bits per heavy atom. The van der Waals surface area contributed by atoms with Crippen LogP contribution in [0.3, 0.4) is 0 Å². The summed E-state index contributed by atoms with van der Waals surface area (Å²) in [7, 11) is -9.40. The van der Waals surface area contributed by atoms with Gasteiger partial charge in [-0.15, -0.1) is 0 Å². The van der Waals surface area contributed by atoms with E-state index in [1.165, 1.54) is 6.92 Å². The van der Waals surface area contributed by atoms with Crippen LogP contribution in [0, 0.1) is 5.92 Å². The molecule has 0 amide bonds. The van der Waals surface area contributed by atoms with Crippen molar-refractivity contribution < 1.29 is 35.8 Å². The summed E-state index contributed by atoms with van der Waals surface area (Å²) >= 11 is 0. The van der Waals surface area contributed by atoms with E-state index in [4.69, 9.17) is 14.2 Å². The molecule has 112 valence electrons. The number of rotatable bonds is 5. The van der Waals surface area contributed by atoms with Crippen LogP contribution < -0.4 is 0 Å². The predicted octanol–water partition coefficient (Wildman–Crippen LogP) is 0.443. The zero-order chi connectivity index (χ0) is 15.7. The molecule has 0 aliphatic rings. The minimum Gasteiger partial charge on any atom is -0.481 e. The Kier molecular flexibility index (Phi) is 4.54. The minimum absolute atomic E-state index is 0.0604. The summed E-state index contributed by atoms with van der Waals surface area (Å²) in [6.07, 6.45) is -0.226. The zero-order valence-electron chi connectivity index (χ0n) is 10.2. The highest BCUT2D eigenvalue weighted by molar-refractivity contribution is 7.86. The molecular formula is C10H12O8S2. The van der Waals surface area contributed by atoms with Crippen molar-refractivity contribution in [2.45, 2.75) is 23.1 Å². The van der Waals surface area contributed by atoms with Gasteiger partial charge in [-0.25, -0.2) is 0 Å². The van der Waals surface area contributed by atoms with Gasteiger partial charge in [0.15, 0.2) is 0 Å². The van der Waals surface area contributed by atoms with Crippen molar-refractivity contribution in [3.05, 3.63) is 23.8 Å². The maximum Gasteiger partial charge on any atom is 0.306 e. The molecule has 0 spiro atoms. The standard InChI is InChI=1S/C10H12O8S2/c1-6(10(11)12)4-7-2-3-8(19(13,14)15)5-9(7)20(16,17)18/h2-3,5-6H,4H2,1H3,(H,11,12)(H,13,14,15)(H,16,17,18). The summed E-state index contributed by atoms with van der Waals surface area (Å²) in [5, 5.41) is 8.77. The number of hydrogen-bond acceptors (Lipinski definition) is 5. The summed E-state index contributed by atoms with van der Waals surface area (Å²) in [6.45, 7) is 1.33. The molecule has 1 unspecified atom stereocenters. The van der Waals surface area contributed by atoms with Crippen LogP contribution in [-0.4, -0.2) is 37.0 Å². The van der Waals surface area contributed by atoms with E-state index in [9.17, 15) is 21.6 Å². The summed E-state index contributed by atoms with van der Waals surface area (Å²) in [4.78, 5) is 9.28. The van der Waals surface area contributed by atoms with Crippen LogP contribution in [0.2, 0.25) is 0 Å². The summed E-state index contributed by atoms with van der Waals surface area (Å²) in [6, 6.07) is 2.54. The monoisotopic (exact) mass is 324 g/mol. The summed E-state index contributed by atoms with van der Waals surface area (Å²) in [5.74, 6) is -2.11. The Hall–Kier alpha value is -1.49. The molecule has 0 fully saturated rings. The fourth-order valence-electron chi connectivity index (χ4n) is 1.52. The van der Waals surface area contributed by atoms with Crippen molar-refractivity contribution in [2.75, 3.05) is 0 Å². The largest absolute Gasteiger partial charge is 0.481 e. The van der Waals surface area contributed by atoms with Crippen LogP contribution in [0.5, 0.6) is 0 Å². The van der Waals surface area contributed by atoms with Crippen LogP contribution in [0.15, 0.2) is 28.0 Å². The number of hydrogen-bond donors (Lipinski definition) is 3. The molecule has 0 radical (unpaired) electrons. The van der Waals surface area contributed by atoms with E-state index in [2.05, 4.69) is 0 Å². The van der Waals surface area contributed by atoms with Crippen LogP contribution in [-0.2, 0) is 31.5 Å². The molecule has 0 aromatic heterocycles. The number of aliphatic carboxylic acids is 1. The Labute approximate surface area is 115 Å². The average molecular weight is 324 g/mol. The number of carbonyl (C=O) groups is 1. The van der Waals surface area contributed by atoms with Crippen molar-refractivity contribution in [1.29, 1.82) is 0 Å². The van der Waals surface area contributed by atoms with Gasteiger partial charge in [-0.1, -0.05) is 13.0 Å². The number of benzene rings is 1. The molecule has 1 atom stereocenters. The molecule has 0 heterocycles. The molecule has 0 saturated carbocycles. The lowest BCUT2D eigenvalue weighted by atomic mass is 10.0. The van der Waals surface area contributed by atoms with E-state index in [0.717, 1.165) is 12.1 Å². The first-order valence-corrected chi connectivity index (χ1v) is 8.11. The third kappa shape index (κ3) is 4.00. The zero-order valence-corrected chi connectivity index (χ0v) is 11.8. The van der Waals surface area contributed by atoms with Crippen LogP contribution in [0.1, 0.15) is 12.5 Å². The maximum absolute atomic E-state index is 11.2. The molecular weight excluding hydrogens is 312 g/mol. The Balaban J connectivity index is 3.44. The molecule has 8 nitrogen and oxygen atoms in total. The lowest BCUT2D eigenvalue weighted by Crippen LogP contribution is -2.15. The summed E-state index contributed by atoms with van der Waals surface area (Å²) < 4.78 is 62.2. The van der Waals surface area contributed by atoms with Gasteiger partial charge in [0.2, 0.25) is 0 Å². The average Bonchev–Trinajstić information content (AvgIpc) is 2.26. The van der Waals surface area contributed by atoms with Crippen molar-refractivity contribution in [3.63, 3.8) is 0 Å². The van der Waals surface area contributed by atoms with Gasteiger partial charge >= 0.3 is 5.97 Å². The quantitative estimate of drug-likeness (QED) is 0.661. The SMILES string of the molecule is CC(Cc1ccc(S(=O)(=O)O)cc1S(=O)(=O)O)C(=O)O. The lowest BCUT2D eigenvalue weighted by molar-refractivity contribution is -0.141. The topological polar surface area (TPSA) is 146 Å². The minimum atomic E-state index is -4.76. The van der Waals surface area contributed by atoms with Crippen molar-refractivity contribution in [3.8, 4) is 0 Å². The fourth-order valence-corrected chi connectivity index (χ4v) is 2.86. The molecule has 3 N–H and O–H groups in total. The highest BCUT2D eigenvalue weighted by atomic mass is 32.2. The van der Waals surface area contributed by atoms with Crippen molar-refractivity contribution >= 4 is 26.2 Å². The molecule has 0 bridgehead atoms. The molecule has 0 saturated heterocycles. The lowest BCUT2D eigenvalue weighted by Gasteiger charge is -2.11. The van der Waals surface area contributed by atoms with E-state index in [0.29, 0.717) is 6.07 Å². The van der Waals surface area contributed by atoms with Gasteiger partial charge < -0.3 is 5.11 Å². The van der Waals surface area contributed by atoms with E-state index in [1.54, 1.807) is 0 Å². The van der Waals surface area contributed by atoms with Crippen molar-refractivity contribution in [1.82, 2.24) is 0 Å². The molecule has 1 rings (SSSR count). The number of carboxylic acid groups (broad SMARTS) is 1. The second-order valence-electron chi connectivity index (χ2n) is 4.16. The first kappa shape index (κ1) is 16.6. The van der Waals surface area contributed by atoms with E-state index in [-0.39, 0.29) is 12.0 Å². The van der Waals surface area contributed by atoms with Crippen LogP contribution in [0.4, 0.5) is 0 Å². The third-order valence-electron chi connectivity index (χ3n) is 2.56. The molecule has 0 aliphatic carbocycles. The van der Waals surface area contributed by atoms with E-state index < -0.39 is 41.9 Å². The Bertz CT molecular complexity index is 733. The Morgan fingerprint density at radius 2 is 1.70 bits per heavy atom. The maximum atomic E-state index is 11.2. The van der Waals surface area contributed by atoms with Gasteiger partial charge in [0.25, 0.3) is 20.2 Å². The van der Waals surface area contributed by atoms with Gasteiger partial charge in [-0.3, -0.25) is 13.9 Å². The highest BCUT2D eigenvalue weighted by Gasteiger charge is 2.22. The molecule has 1 aromatic carbocycles. The van der Waals surface area contributed by atoms with Gasteiger partial charge in [0.05, 0.1) is 15.7 Å². The third-order valence-corrected chi connectivity index (χ3v) is 4.35. The normalized spacial score (nSPS) is 13.9. The first-order valence-electron chi connectivity index (χ1n) is 5.23. The molecule has 10 heteroatoms. The first-order chi connectivity index (χ1) is 8.93. The van der Waals surface area contributed by atoms with Crippen molar-refractivity contribution in [2.24, 2.45) is 5.92 Å². The highest BCUT2D eigenvalue weighted by Crippen LogP contribution is 2.23. The van der Waals surface area contributed by atoms with Crippen LogP contribution in [0.25, 0.3) is 0 Å². The van der Waals surface area contributed by atoms with E-state index >= 15 is 0 Å². The number of carboxylic acids is 1. The molecule has 20 heavy (non-hydrogen) atoms. The van der Waals surface area contributed by atoms with Gasteiger partial charge in [0, 0.05) is 0 Å². The second kappa shape index (κ2) is 5.48.